The summed E-state index contributed by atoms with van der Waals surface area (Å²) in [4.78, 5) is 15.5. The molecule has 1 unspecified atom stereocenters. The molecular formula is C28H36N4. The Morgan fingerprint density at radius 1 is 0.750 bits per heavy atom. The van der Waals surface area contributed by atoms with Crippen molar-refractivity contribution in [1.29, 1.82) is 0 Å². The van der Waals surface area contributed by atoms with E-state index in [0.29, 0.717) is 11.8 Å². The minimum Gasteiger partial charge on any atom is -0.302 e. The van der Waals surface area contributed by atoms with Gasteiger partial charge in [0.1, 0.15) is 6.17 Å². The Hall–Kier alpha value is -2.88. The quantitative estimate of drug-likeness (QED) is 0.386. The topological polar surface area (TPSA) is 32.3 Å². The first-order valence-electron chi connectivity index (χ1n) is 12.1. The van der Waals surface area contributed by atoms with Crippen molar-refractivity contribution in [3.05, 3.63) is 71.5 Å². The van der Waals surface area contributed by atoms with E-state index in [1.54, 1.807) is 0 Å². The van der Waals surface area contributed by atoms with Crippen LogP contribution in [0.15, 0.2) is 54.6 Å². The number of anilines is 4. The normalized spacial score (nSPS) is 15.7. The van der Waals surface area contributed by atoms with Gasteiger partial charge in [-0.2, -0.15) is 0 Å². The van der Waals surface area contributed by atoms with Crippen LogP contribution in [-0.4, -0.2) is 16.1 Å². The number of para-hydroxylation sites is 2. The summed E-state index contributed by atoms with van der Waals surface area (Å²) in [6, 6.07) is 19.4. The van der Waals surface area contributed by atoms with Gasteiger partial charge in [0.25, 0.3) is 0 Å². The molecule has 0 saturated heterocycles. The van der Waals surface area contributed by atoms with Crippen molar-refractivity contribution in [3.63, 3.8) is 0 Å². The van der Waals surface area contributed by atoms with Gasteiger partial charge in [-0.25, -0.2) is 9.97 Å². The van der Waals surface area contributed by atoms with Gasteiger partial charge in [0.05, 0.1) is 11.4 Å². The Balaban J connectivity index is 2.00. The van der Waals surface area contributed by atoms with Crippen molar-refractivity contribution in [1.82, 2.24) is 9.97 Å². The number of benzene rings is 2. The van der Waals surface area contributed by atoms with Crippen LogP contribution in [0, 0.1) is 0 Å². The number of fused-ring (bicyclic) bond motifs is 1. The van der Waals surface area contributed by atoms with E-state index in [1.807, 2.05) is 0 Å². The van der Waals surface area contributed by atoms with Gasteiger partial charge in [-0.15, -0.1) is 0 Å². The number of nitrogens with zero attached hydrogens (tertiary/aromatic N) is 4. The minimum absolute atomic E-state index is 0.132. The zero-order valence-electron chi connectivity index (χ0n) is 20.3. The highest BCUT2D eigenvalue weighted by Crippen LogP contribution is 2.48. The lowest BCUT2D eigenvalue weighted by Gasteiger charge is -2.32. The van der Waals surface area contributed by atoms with Crippen LogP contribution in [0.2, 0.25) is 0 Å². The minimum atomic E-state index is 0.132. The van der Waals surface area contributed by atoms with E-state index in [2.05, 4.69) is 106 Å². The van der Waals surface area contributed by atoms with Crippen LogP contribution < -0.4 is 9.80 Å². The van der Waals surface area contributed by atoms with E-state index in [0.717, 1.165) is 48.0 Å². The lowest BCUT2D eigenvalue weighted by molar-refractivity contribution is 0.659. The molecule has 2 heterocycles. The average Bonchev–Trinajstić information content (AvgIpc) is 3.12. The zero-order chi connectivity index (χ0) is 22.8. The molecule has 0 saturated carbocycles. The summed E-state index contributed by atoms with van der Waals surface area (Å²) in [6.07, 6.45) is 3.26. The molecule has 4 heteroatoms. The fourth-order valence-corrected chi connectivity index (χ4v) is 4.76. The molecule has 168 valence electrons. The van der Waals surface area contributed by atoms with E-state index >= 15 is 0 Å². The van der Waals surface area contributed by atoms with Crippen molar-refractivity contribution >= 4 is 23.0 Å². The molecule has 0 radical (unpaired) electrons. The van der Waals surface area contributed by atoms with Crippen molar-refractivity contribution in [2.45, 2.75) is 78.8 Å². The molecule has 1 aromatic heterocycles. The van der Waals surface area contributed by atoms with Gasteiger partial charge < -0.3 is 9.80 Å². The van der Waals surface area contributed by atoms with Crippen LogP contribution in [0.1, 0.15) is 83.2 Å². The van der Waals surface area contributed by atoms with Crippen LogP contribution in [0.25, 0.3) is 0 Å². The largest absolute Gasteiger partial charge is 0.302 e. The van der Waals surface area contributed by atoms with Gasteiger partial charge in [0.2, 0.25) is 0 Å². The maximum absolute atomic E-state index is 5.33. The number of aryl methyl sites for hydroxylation is 1. The molecule has 0 aliphatic carbocycles. The molecule has 1 atom stereocenters. The van der Waals surface area contributed by atoms with Crippen LogP contribution in [0.5, 0.6) is 0 Å². The Bertz CT molecular complexity index is 1060. The van der Waals surface area contributed by atoms with Gasteiger partial charge in [0, 0.05) is 11.4 Å². The summed E-state index contributed by atoms with van der Waals surface area (Å²) in [5.41, 5.74) is 6.01. The van der Waals surface area contributed by atoms with Crippen LogP contribution in [-0.2, 0) is 6.42 Å². The van der Waals surface area contributed by atoms with Crippen molar-refractivity contribution < 1.29 is 0 Å². The van der Waals surface area contributed by atoms with E-state index in [9.17, 15) is 0 Å². The maximum Gasteiger partial charge on any atom is 0.178 e. The molecule has 0 spiro atoms. The van der Waals surface area contributed by atoms with Crippen molar-refractivity contribution in [3.8, 4) is 0 Å². The first-order chi connectivity index (χ1) is 15.5. The molecule has 32 heavy (non-hydrogen) atoms. The van der Waals surface area contributed by atoms with E-state index in [4.69, 9.17) is 9.97 Å². The highest BCUT2D eigenvalue weighted by molar-refractivity contribution is 5.84. The molecule has 0 N–H and O–H groups in total. The van der Waals surface area contributed by atoms with Crippen LogP contribution in [0.4, 0.5) is 23.0 Å². The third kappa shape index (κ3) is 3.87. The molecule has 0 fully saturated rings. The second-order valence-corrected chi connectivity index (χ2v) is 9.29. The molecule has 4 nitrogen and oxygen atoms in total. The number of rotatable bonds is 7. The molecule has 1 aliphatic heterocycles. The average molecular weight is 429 g/mol. The second kappa shape index (κ2) is 9.32. The molecule has 0 amide bonds. The molecular weight excluding hydrogens is 392 g/mol. The first kappa shape index (κ1) is 22.3. The standard InChI is InChI=1S/C28H36N4/c1-7-14-21-15-12-13-18-23(21)32-24(8-2)31(22-16-10-9-11-17-22)27-28(32)30-26(20(5)6)25(29-27)19(3)4/h9-13,15-20,24H,7-8,14H2,1-6H3. The van der Waals surface area contributed by atoms with Crippen LogP contribution >= 0.6 is 0 Å². The molecule has 2 aromatic carbocycles. The zero-order valence-corrected chi connectivity index (χ0v) is 20.3. The van der Waals surface area contributed by atoms with Gasteiger partial charge in [0.15, 0.2) is 11.6 Å². The third-order valence-electron chi connectivity index (χ3n) is 6.23. The second-order valence-electron chi connectivity index (χ2n) is 9.29. The Labute approximate surface area is 193 Å². The fraction of sp³-hybridized carbons (Fsp3) is 0.429. The summed E-state index contributed by atoms with van der Waals surface area (Å²) >= 11 is 0. The molecule has 3 aromatic rings. The summed E-state index contributed by atoms with van der Waals surface area (Å²) in [5, 5.41) is 0. The van der Waals surface area contributed by atoms with Crippen molar-refractivity contribution in [2.24, 2.45) is 0 Å². The SMILES string of the molecule is CCCc1ccccc1N1c2nc(C(C)C)c(C(C)C)nc2N(c2ccccc2)C1CC. The predicted octanol–water partition coefficient (Wildman–Crippen LogP) is 7.70. The summed E-state index contributed by atoms with van der Waals surface area (Å²) < 4.78 is 0. The smallest absolute Gasteiger partial charge is 0.178 e. The Morgan fingerprint density at radius 3 is 1.88 bits per heavy atom. The number of hydrogen-bond donors (Lipinski definition) is 0. The maximum atomic E-state index is 5.33. The summed E-state index contributed by atoms with van der Waals surface area (Å²) in [7, 11) is 0. The lowest BCUT2D eigenvalue weighted by atomic mass is 10.0. The third-order valence-corrected chi connectivity index (χ3v) is 6.23. The van der Waals surface area contributed by atoms with E-state index in [1.165, 1.54) is 11.3 Å². The Morgan fingerprint density at radius 2 is 1.31 bits per heavy atom. The van der Waals surface area contributed by atoms with Gasteiger partial charge in [-0.1, -0.05) is 84.4 Å². The van der Waals surface area contributed by atoms with Crippen molar-refractivity contribution in [2.75, 3.05) is 9.80 Å². The number of hydrogen-bond acceptors (Lipinski definition) is 4. The monoisotopic (exact) mass is 428 g/mol. The molecule has 4 rings (SSSR count). The van der Waals surface area contributed by atoms with Gasteiger partial charge in [-0.3, -0.25) is 0 Å². The van der Waals surface area contributed by atoms with E-state index < -0.39 is 0 Å². The lowest BCUT2D eigenvalue weighted by Crippen LogP contribution is -2.38. The van der Waals surface area contributed by atoms with Crippen LogP contribution in [0.3, 0.4) is 0 Å². The van der Waals surface area contributed by atoms with E-state index in [-0.39, 0.29) is 6.17 Å². The highest BCUT2D eigenvalue weighted by Gasteiger charge is 2.41. The summed E-state index contributed by atoms with van der Waals surface area (Å²) in [5.74, 6) is 2.60. The van der Waals surface area contributed by atoms with Gasteiger partial charge >= 0.3 is 0 Å². The Kier molecular flexibility index (Phi) is 6.50. The highest BCUT2D eigenvalue weighted by atomic mass is 15.5. The number of aromatic nitrogens is 2. The predicted molar refractivity (Wildman–Crippen MR) is 135 cm³/mol. The fourth-order valence-electron chi connectivity index (χ4n) is 4.76. The molecule has 0 bridgehead atoms. The first-order valence-corrected chi connectivity index (χ1v) is 12.1. The molecule has 1 aliphatic rings. The summed E-state index contributed by atoms with van der Waals surface area (Å²) in [6.45, 7) is 13.4. The van der Waals surface area contributed by atoms with Gasteiger partial charge in [-0.05, 0) is 48.4 Å².